The molecule has 3 aliphatic heterocycles. The number of amides is 3. The highest BCUT2D eigenvalue weighted by Gasteiger charge is 2.42. The van der Waals surface area contributed by atoms with Crippen LogP contribution in [0.5, 0.6) is 0 Å². The van der Waals surface area contributed by atoms with Gasteiger partial charge in [0.1, 0.15) is 6.04 Å². The second kappa shape index (κ2) is 5.95. The summed E-state index contributed by atoms with van der Waals surface area (Å²) in [6.07, 6.45) is 3.17. The normalized spacial score (nSPS) is 26.6. The van der Waals surface area contributed by atoms with Gasteiger partial charge < -0.3 is 10.2 Å². The molecule has 3 unspecified atom stereocenters. The van der Waals surface area contributed by atoms with Crippen molar-refractivity contribution in [2.75, 3.05) is 13.1 Å². The number of nitrogens with zero attached hydrogens (tertiary/aromatic N) is 2. The van der Waals surface area contributed by atoms with Gasteiger partial charge in [-0.05, 0) is 45.2 Å². The van der Waals surface area contributed by atoms with Gasteiger partial charge in [-0.1, -0.05) is 11.6 Å². The molecule has 2 saturated heterocycles. The van der Waals surface area contributed by atoms with Crippen LogP contribution in [0.15, 0.2) is 18.2 Å². The lowest BCUT2D eigenvalue weighted by atomic mass is 10.1. The Morgan fingerprint density at radius 1 is 1.12 bits per heavy atom. The van der Waals surface area contributed by atoms with Crippen LogP contribution in [-0.2, 0) is 4.79 Å². The summed E-state index contributed by atoms with van der Waals surface area (Å²) in [6.45, 7) is 4.88. The predicted molar refractivity (Wildman–Crippen MR) is 92.3 cm³/mol. The number of nitrogens with one attached hydrogen (secondary N) is 1. The molecule has 0 aromatic heterocycles. The Morgan fingerprint density at radius 2 is 1.84 bits per heavy atom. The third kappa shape index (κ3) is 2.65. The molecule has 25 heavy (non-hydrogen) atoms. The lowest BCUT2D eigenvalue weighted by Gasteiger charge is -2.30. The monoisotopic (exact) mass is 341 g/mol. The Hall–Kier alpha value is -2.21. The summed E-state index contributed by atoms with van der Waals surface area (Å²) in [5.41, 5.74) is 1.73. The largest absolute Gasteiger partial charge is 0.339 e. The van der Waals surface area contributed by atoms with Crippen LogP contribution in [0, 0.1) is 6.92 Å². The first-order valence-electron chi connectivity index (χ1n) is 8.99. The molecule has 6 heteroatoms. The fourth-order valence-corrected chi connectivity index (χ4v) is 4.24. The number of likely N-dealkylation sites (tertiary alicyclic amines) is 1. The SMILES string of the molecule is Cc1ccc2c(c1)C(=O)N(C(C)C(=O)N1CCC3CCC(C1)N3)C2=O. The molecule has 6 nitrogen and oxygen atoms in total. The van der Waals surface area contributed by atoms with Crippen LogP contribution < -0.4 is 5.32 Å². The molecule has 0 spiro atoms. The fourth-order valence-electron chi connectivity index (χ4n) is 4.24. The summed E-state index contributed by atoms with van der Waals surface area (Å²) in [6, 6.07) is 5.26. The summed E-state index contributed by atoms with van der Waals surface area (Å²) in [4.78, 5) is 41.3. The van der Waals surface area contributed by atoms with Crippen LogP contribution in [0.2, 0.25) is 0 Å². The highest BCUT2D eigenvalue weighted by atomic mass is 16.2. The number of fused-ring (bicyclic) bond motifs is 3. The van der Waals surface area contributed by atoms with Crippen LogP contribution in [0.3, 0.4) is 0 Å². The van der Waals surface area contributed by atoms with Crippen molar-refractivity contribution in [3.63, 3.8) is 0 Å². The molecule has 1 N–H and O–H groups in total. The first-order valence-corrected chi connectivity index (χ1v) is 8.99. The van der Waals surface area contributed by atoms with Crippen molar-refractivity contribution in [1.29, 1.82) is 0 Å². The average molecular weight is 341 g/mol. The van der Waals surface area contributed by atoms with Gasteiger partial charge in [0, 0.05) is 25.2 Å². The van der Waals surface area contributed by atoms with E-state index in [4.69, 9.17) is 0 Å². The third-order valence-electron chi connectivity index (χ3n) is 5.65. The highest BCUT2D eigenvalue weighted by molar-refractivity contribution is 6.22. The predicted octanol–water partition coefficient (Wildman–Crippen LogP) is 1.33. The Morgan fingerprint density at radius 3 is 2.64 bits per heavy atom. The van der Waals surface area contributed by atoms with Gasteiger partial charge >= 0.3 is 0 Å². The van der Waals surface area contributed by atoms with Crippen molar-refractivity contribution >= 4 is 17.7 Å². The third-order valence-corrected chi connectivity index (χ3v) is 5.65. The van der Waals surface area contributed by atoms with Crippen LogP contribution in [0.25, 0.3) is 0 Å². The number of rotatable bonds is 2. The van der Waals surface area contributed by atoms with Crippen LogP contribution in [0.1, 0.15) is 52.5 Å². The van der Waals surface area contributed by atoms with Crippen molar-refractivity contribution in [1.82, 2.24) is 15.1 Å². The number of benzene rings is 1. The summed E-state index contributed by atoms with van der Waals surface area (Å²) >= 11 is 0. The molecule has 132 valence electrons. The topological polar surface area (TPSA) is 69.7 Å². The van der Waals surface area contributed by atoms with Gasteiger partial charge in [-0.15, -0.1) is 0 Å². The Labute approximate surface area is 147 Å². The van der Waals surface area contributed by atoms with E-state index in [2.05, 4.69) is 5.32 Å². The Bertz CT molecular complexity index is 760. The molecule has 2 fully saturated rings. The maximum absolute atomic E-state index is 13.0. The maximum Gasteiger partial charge on any atom is 0.262 e. The molecule has 3 atom stereocenters. The molecule has 3 aliphatic rings. The van der Waals surface area contributed by atoms with E-state index in [0.29, 0.717) is 36.3 Å². The number of carbonyl (C=O) groups excluding carboxylic acids is 3. The first-order chi connectivity index (χ1) is 12.0. The van der Waals surface area contributed by atoms with Crippen molar-refractivity contribution < 1.29 is 14.4 Å². The van der Waals surface area contributed by atoms with E-state index in [-0.39, 0.29) is 17.7 Å². The van der Waals surface area contributed by atoms with Gasteiger partial charge in [-0.3, -0.25) is 19.3 Å². The van der Waals surface area contributed by atoms with E-state index in [1.54, 1.807) is 19.1 Å². The molecule has 4 rings (SSSR count). The summed E-state index contributed by atoms with van der Waals surface area (Å²) < 4.78 is 0. The van der Waals surface area contributed by atoms with E-state index in [0.717, 1.165) is 23.3 Å². The molecular weight excluding hydrogens is 318 g/mol. The second-order valence-electron chi connectivity index (χ2n) is 7.42. The number of imide groups is 1. The number of aryl methyl sites for hydroxylation is 1. The van der Waals surface area contributed by atoms with Crippen LogP contribution >= 0.6 is 0 Å². The molecule has 2 bridgehead atoms. The zero-order valence-corrected chi connectivity index (χ0v) is 14.6. The summed E-state index contributed by atoms with van der Waals surface area (Å²) in [7, 11) is 0. The highest BCUT2D eigenvalue weighted by Crippen LogP contribution is 2.27. The fraction of sp³-hybridized carbons (Fsp3) is 0.526. The van der Waals surface area contributed by atoms with Crippen molar-refractivity contribution in [3.05, 3.63) is 34.9 Å². The molecule has 1 aromatic carbocycles. The molecule has 3 amide bonds. The van der Waals surface area contributed by atoms with Gasteiger partial charge in [0.05, 0.1) is 11.1 Å². The number of hydrogen-bond donors (Lipinski definition) is 1. The van der Waals surface area contributed by atoms with Gasteiger partial charge in [-0.2, -0.15) is 0 Å². The molecule has 0 aliphatic carbocycles. The zero-order valence-electron chi connectivity index (χ0n) is 14.6. The smallest absolute Gasteiger partial charge is 0.262 e. The van der Waals surface area contributed by atoms with E-state index >= 15 is 0 Å². The van der Waals surface area contributed by atoms with Crippen molar-refractivity contribution in [2.45, 2.75) is 51.2 Å². The second-order valence-corrected chi connectivity index (χ2v) is 7.42. The number of carbonyl (C=O) groups is 3. The van der Waals surface area contributed by atoms with E-state index in [9.17, 15) is 14.4 Å². The molecule has 0 radical (unpaired) electrons. The molecular formula is C19H23N3O3. The zero-order chi connectivity index (χ0) is 17.7. The molecule has 0 saturated carbocycles. The first kappa shape index (κ1) is 16.3. The molecule has 1 aromatic rings. The van der Waals surface area contributed by atoms with Gasteiger partial charge in [0.2, 0.25) is 5.91 Å². The van der Waals surface area contributed by atoms with Gasteiger partial charge in [0.25, 0.3) is 11.8 Å². The van der Waals surface area contributed by atoms with Crippen LogP contribution in [0.4, 0.5) is 0 Å². The van der Waals surface area contributed by atoms with Crippen molar-refractivity contribution in [3.8, 4) is 0 Å². The minimum atomic E-state index is -0.774. The van der Waals surface area contributed by atoms with Gasteiger partial charge in [0.15, 0.2) is 0 Å². The Balaban J connectivity index is 1.54. The van der Waals surface area contributed by atoms with E-state index < -0.39 is 6.04 Å². The van der Waals surface area contributed by atoms with Gasteiger partial charge in [-0.25, -0.2) is 0 Å². The standard InChI is InChI=1S/C19H23N3O3/c1-11-3-6-15-16(9-11)19(25)22(18(15)24)12(2)17(23)21-8-7-13-4-5-14(10-21)20-13/h3,6,9,12-14,20H,4-5,7-8,10H2,1-2H3. The Kier molecular flexibility index (Phi) is 3.87. The number of hydrogen-bond acceptors (Lipinski definition) is 4. The quantitative estimate of drug-likeness (QED) is 0.824. The lowest BCUT2D eigenvalue weighted by molar-refractivity contribution is -0.135. The lowest BCUT2D eigenvalue weighted by Crippen LogP contribution is -2.51. The summed E-state index contributed by atoms with van der Waals surface area (Å²) in [5.74, 6) is -0.866. The maximum atomic E-state index is 13.0. The minimum Gasteiger partial charge on any atom is -0.339 e. The average Bonchev–Trinajstić information content (AvgIpc) is 3.03. The van der Waals surface area contributed by atoms with E-state index in [1.165, 1.54) is 6.42 Å². The molecule has 3 heterocycles. The summed E-state index contributed by atoms with van der Waals surface area (Å²) in [5, 5.41) is 3.54. The van der Waals surface area contributed by atoms with E-state index in [1.807, 2.05) is 17.9 Å². The van der Waals surface area contributed by atoms with Crippen LogP contribution in [-0.4, -0.2) is 58.7 Å². The van der Waals surface area contributed by atoms with Crippen molar-refractivity contribution in [2.24, 2.45) is 0 Å². The minimum absolute atomic E-state index is 0.138.